The third-order valence-corrected chi connectivity index (χ3v) is 7.23. The number of rotatable bonds is 3. The number of phenolic OH excluding ortho intramolecular Hbond substituents is 1. The van der Waals surface area contributed by atoms with E-state index in [0.717, 1.165) is 21.3 Å². The standard InChI is InChI=1S/C14H13N3O4S2.C7H6O4/c1-8-7-15-14(22-8)16-13(19)11-12(18)9-5-3-4-6-10(9)23(20,21)17(11)2;8-4-1-2-6(9)5(3-4)7(10)11/h3-7,18H,1-2H3,(H,15,16,19);1-3,8-9H,(H,10,11). The van der Waals surface area contributed by atoms with E-state index in [0.29, 0.717) is 5.13 Å². The maximum Gasteiger partial charge on any atom is 0.339 e. The van der Waals surface area contributed by atoms with E-state index in [1.165, 1.54) is 36.6 Å². The van der Waals surface area contributed by atoms with Crippen molar-refractivity contribution in [2.45, 2.75) is 11.8 Å². The van der Waals surface area contributed by atoms with E-state index in [1.54, 1.807) is 18.3 Å². The van der Waals surface area contributed by atoms with Gasteiger partial charge in [0.25, 0.3) is 15.9 Å². The van der Waals surface area contributed by atoms with Gasteiger partial charge in [0.1, 0.15) is 17.1 Å². The number of aliphatic hydroxyl groups excluding tert-OH is 1. The third kappa shape index (κ3) is 4.79. The van der Waals surface area contributed by atoms with Crippen LogP contribution in [0.25, 0.3) is 5.76 Å². The smallest absolute Gasteiger partial charge is 0.339 e. The van der Waals surface area contributed by atoms with E-state index in [4.69, 9.17) is 15.3 Å². The topological polar surface area (TPSA) is 177 Å². The molecule has 0 radical (unpaired) electrons. The van der Waals surface area contributed by atoms with E-state index >= 15 is 0 Å². The second-order valence-corrected chi connectivity index (χ2v) is 10.1. The van der Waals surface area contributed by atoms with Crippen LogP contribution in [0.4, 0.5) is 5.13 Å². The Hall–Kier alpha value is -4.10. The van der Waals surface area contributed by atoms with Crippen LogP contribution in [-0.2, 0) is 14.8 Å². The maximum atomic E-state index is 12.5. The number of aryl methyl sites for hydroxylation is 1. The number of nitrogens with one attached hydrogen (secondary N) is 1. The van der Waals surface area contributed by atoms with E-state index < -0.39 is 21.9 Å². The number of aromatic nitrogens is 1. The molecule has 2 aromatic carbocycles. The van der Waals surface area contributed by atoms with Crippen LogP contribution in [-0.4, -0.2) is 57.1 Å². The molecule has 0 bridgehead atoms. The Balaban J connectivity index is 0.000000248. The number of carboxylic acids is 1. The Bertz CT molecular complexity index is 1410. The largest absolute Gasteiger partial charge is 0.508 e. The molecule has 1 aromatic heterocycles. The van der Waals surface area contributed by atoms with Gasteiger partial charge in [-0.3, -0.25) is 14.4 Å². The predicted molar refractivity (Wildman–Crippen MR) is 123 cm³/mol. The van der Waals surface area contributed by atoms with Crippen molar-refractivity contribution in [3.63, 3.8) is 0 Å². The summed E-state index contributed by atoms with van der Waals surface area (Å²) in [6, 6.07) is 9.31. The number of hydrogen-bond acceptors (Lipinski definition) is 9. The molecule has 1 amide bonds. The van der Waals surface area contributed by atoms with Crippen LogP contribution in [0.5, 0.6) is 11.5 Å². The number of anilines is 1. The van der Waals surface area contributed by atoms with Gasteiger partial charge in [0.2, 0.25) is 0 Å². The molecular formula is C21H19N3O8S2. The monoisotopic (exact) mass is 505 g/mol. The lowest BCUT2D eigenvalue weighted by atomic mass is 10.1. The summed E-state index contributed by atoms with van der Waals surface area (Å²) in [5, 5.41) is 39.4. The lowest BCUT2D eigenvalue weighted by molar-refractivity contribution is -0.113. The summed E-state index contributed by atoms with van der Waals surface area (Å²) in [5.74, 6) is -2.92. The average Bonchev–Trinajstić information content (AvgIpc) is 3.19. The molecule has 34 heavy (non-hydrogen) atoms. The van der Waals surface area contributed by atoms with Crippen LogP contribution < -0.4 is 5.32 Å². The number of sulfonamides is 1. The molecule has 1 aliphatic heterocycles. The van der Waals surface area contributed by atoms with Crippen molar-refractivity contribution in [2.75, 3.05) is 12.4 Å². The lowest BCUT2D eigenvalue weighted by Crippen LogP contribution is -2.37. The summed E-state index contributed by atoms with van der Waals surface area (Å²) in [6.07, 6.45) is 1.59. The highest BCUT2D eigenvalue weighted by Crippen LogP contribution is 2.34. The number of aromatic hydroxyl groups is 2. The molecule has 0 atom stereocenters. The molecule has 1 aliphatic rings. The number of likely N-dealkylation sites (N-methyl/N-ethyl adjacent to an activating group) is 1. The van der Waals surface area contributed by atoms with Crippen molar-refractivity contribution in [1.29, 1.82) is 0 Å². The summed E-state index contributed by atoms with van der Waals surface area (Å²) >= 11 is 1.25. The number of carboxylic acid groups (broad SMARTS) is 1. The van der Waals surface area contributed by atoms with Gasteiger partial charge in [0.05, 0.1) is 4.90 Å². The van der Waals surface area contributed by atoms with Crippen molar-refractivity contribution in [1.82, 2.24) is 9.29 Å². The highest BCUT2D eigenvalue weighted by Gasteiger charge is 2.37. The van der Waals surface area contributed by atoms with Gasteiger partial charge < -0.3 is 20.4 Å². The number of amides is 1. The molecule has 0 spiro atoms. The molecule has 178 valence electrons. The van der Waals surface area contributed by atoms with Gasteiger partial charge in [-0.15, -0.1) is 11.3 Å². The highest BCUT2D eigenvalue weighted by molar-refractivity contribution is 7.89. The first kappa shape index (κ1) is 24.5. The van der Waals surface area contributed by atoms with Gasteiger partial charge in [-0.2, -0.15) is 0 Å². The van der Waals surface area contributed by atoms with Crippen LogP contribution in [0.1, 0.15) is 20.8 Å². The second kappa shape index (κ2) is 9.41. The normalized spacial score (nSPS) is 14.0. The molecule has 0 aliphatic carbocycles. The molecule has 0 saturated carbocycles. The lowest BCUT2D eigenvalue weighted by Gasteiger charge is -2.28. The van der Waals surface area contributed by atoms with Crippen LogP contribution >= 0.6 is 11.3 Å². The number of carbonyl (C=O) groups is 2. The molecular weight excluding hydrogens is 486 g/mol. The van der Waals surface area contributed by atoms with Crippen molar-refractivity contribution in [3.8, 4) is 11.5 Å². The SMILES string of the molecule is Cc1cnc(NC(=O)C2=C(O)c3ccccc3S(=O)(=O)N2C)s1.O=C(O)c1cc(O)ccc1O. The number of aromatic carboxylic acids is 1. The van der Waals surface area contributed by atoms with E-state index in [-0.39, 0.29) is 39.0 Å². The zero-order valence-electron chi connectivity index (χ0n) is 17.8. The summed E-state index contributed by atoms with van der Waals surface area (Å²) in [6.45, 7) is 1.83. The summed E-state index contributed by atoms with van der Waals surface area (Å²) in [4.78, 5) is 27.6. The van der Waals surface area contributed by atoms with Gasteiger partial charge in [-0.1, -0.05) is 12.1 Å². The van der Waals surface area contributed by atoms with E-state index in [9.17, 15) is 23.1 Å². The number of aliphatic hydroxyl groups is 1. The number of fused-ring (bicyclic) bond motifs is 1. The molecule has 13 heteroatoms. The number of hydrogen-bond donors (Lipinski definition) is 5. The Morgan fingerprint density at radius 1 is 1.09 bits per heavy atom. The fraction of sp³-hybridized carbons (Fsp3) is 0.0952. The Labute approximate surface area is 197 Å². The van der Waals surface area contributed by atoms with Gasteiger partial charge in [-0.05, 0) is 37.3 Å². The predicted octanol–water partition coefficient (Wildman–Crippen LogP) is 2.75. The van der Waals surface area contributed by atoms with E-state index in [2.05, 4.69) is 10.3 Å². The van der Waals surface area contributed by atoms with Gasteiger partial charge in [-0.25, -0.2) is 18.2 Å². The molecule has 0 fully saturated rings. The fourth-order valence-corrected chi connectivity index (χ4v) is 5.00. The first-order valence-electron chi connectivity index (χ1n) is 9.44. The number of thiazole rings is 1. The van der Waals surface area contributed by atoms with Crippen LogP contribution in [0.3, 0.4) is 0 Å². The summed E-state index contributed by atoms with van der Waals surface area (Å²) < 4.78 is 25.8. The van der Waals surface area contributed by atoms with Crippen molar-refractivity contribution < 1.29 is 38.4 Å². The van der Waals surface area contributed by atoms with Gasteiger partial charge in [0.15, 0.2) is 16.6 Å². The van der Waals surface area contributed by atoms with Crippen molar-refractivity contribution in [3.05, 3.63) is 70.4 Å². The molecule has 0 unspecified atom stereocenters. The first-order valence-corrected chi connectivity index (χ1v) is 11.7. The molecule has 5 N–H and O–H groups in total. The highest BCUT2D eigenvalue weighted by atomic mass is 32.2. The summed E-state index contributed by atoms with van der Waals surface area (Å²) in [5.41, 5.74) is -0.535. The molecule has 3 aromatic rings. The van der Waals surface area contributed by atoms with Crippen LogP contribution in [0, 0.1) is 6.92 Å². The molecule has 0 saturated heterocycles. The average molecular weight is 506 g/mol. The van der Waals surface area contributed by atoms with Crippen molar-refractivity contribution >= 4 is 44.1 Å². The third-order valence-electron chi connectivity index (χ3n) is 4.59. The zero-order valence-corrected chi connectivity index (χ0v) is 19.4. The minimum Gasteiger partial charge on any atom is -0.508 e. The van der Waals surface area contributed by atoms with Crippen LogP contribution in [0.2, 0.25) is 0 Å². The van der Waals surface area contributed by atoms with E-state index in [1.807, 2.05) is 6.92 Å². The molecule has 11 nitrogen and oxygen atoms in total. The molecule has 4 rings (SSSR count). The summed E-state index contributed by atoms with van der Waals surface area (Å²) in [7, 11) is -2.67. The number of carbonyl (C=O) groups excluding carboxylic acids is 1. The van der Waals surface area contributed by atoms with Gasteiger partial charge >= 0.3 is 5.97 Å². The van der Waals surface area contributed by atoms with Crippen LogP contribution in [0.15, 0.2) is 59.3 Å². The maximum absolute atomic E-state index is 12.5. The van der Waals surface area contributed by atoms with Gasteiger partial charge in [0, 0.05) is 23.7 Å². The molecule has 2 heterocycles. The Kier molecular flexibility index (Phi) is 6.79. The number of benzene rings is 2. The number of phenols is 2. The second-order valence-electron chi connectivity index (χ2n) is 6.90. The Morgan fingerprint density at radius 2 is 1.76 bits per heavy atom. The Morgan fingerprint density at radius 3 is 2.35 bits per heavy atom. The quantitative estimate of drug-likeness (QED) is 0.335. The minimum absolute atomic E-state index is 0.0401. The first-order chi connectivity index (χ1) is 15.9. The van der Waals surface area contributed by atoms with Crippen molar-refractivity contribution in [2.24, 2.45) is 0 Å². The zero-order chi connectivity index (χ0) is 25.2. The fourth-order valence-electron chi connectivity index (χ4n) is 2.95. The minimum atomic E-state index is -3.90. The number of nitrogens with zero attached hydrogens (tertiary/aromatic N) is 2.